The van der Waals surface area contributed by atoms with Gasteiger partial charge in [-0.2, -0.15) is 0 Å². The molecule has 2 aromatic heterocycles. The van der Waals surface area contributed by atoms with E-state index < -0.39 is 5.97 Å². The van der Waals surface area contributed by atoms with Crippen molar-refractivity contribution in [2.75, 3.05) is 12.4 Å². The fourth-order valence-corrected chi connectivity index (χ4v) is 8.08. The van der Waals surface area contributed by atoms with Crippen molar-refractivity contribution >= 4 is 57.5 Å². The Balaban J connectivity index is 1.48. The number of rotatable bonds is 13. The van der Waals surface area contributed by atoms with Gasteiger partial charge in [0.15, 0.2) is 18.2 Å². The molecule has 1 N–H and O–H groups in total. The molecule has 5 aromatic rings. The van der Waals surface area contributed by atoms with Crippen molar-refractivity contribution < 1.29 is 24.2 Å². The SMILES string of the molecule is CCC(CSc1ccc(OCC(=O)O)c(C)c1)=C(c1ccc(-c2cc(C(C)=O)cs2)cc1)c1ccc(-c2cc(C(C)=O)cs2)cc1. The van der Waals surface area contributed by atoms with Crippen LogP contribution in [0.3, 0.4) is 0 Å². The van der Waals surface area contributed by atoms with Crippen LogP contribution in [-0.2, 0) is 4.79 Å². The second-order valence-corrected chi connectivity index (χ2v) is 13.8. The summed E-state index contributed by atoms with van der Waals surface area (Å²) >= 11 is 4.89. The molecule has 0 unspecified atom stereocenters. The van der Waals surface area contributed by atoms with Gasteiger partial charge in [0.2, 0.25) is 0 Å². The maximum Gasteiger partial charge on any atom is 0.341 e. The predicted molar refractivity (Wildman–Crippen MR) is 191 cm³/mol. The van der Waals surface area contributed by atoms with Gasteiger partial charge in [0, 0.05) is 42.3 Å². The zero-order valence-electron chi connectivity index (χ0n) is 26.1. The summed E-state index contributed by atoms with van der Waals surface area (Å²) in [5.41, 5.74) is 9.19. The van der Waals surface area contributed by atoms with Gasteiger partial charge in [-0.15, -0.1) is 34.4 Å². The van der Waals surface area contributed by atoms with Crippen LogP contribution in [0, 0.1) is 6.92 Å². The molecule has 0 amide bonds. The van der Waals surface area contributed by atoms with Crippen molar-refractivity contribution in [2.24, 2.45) is 0 Å². The first-order chi connectivity index (χ1) is 22.1. The van der Waals surface area contributed by atoms with E-state index in [1.807, 2.05) is 48.0 Å². The number of aliphatic carboxylic acids is 1. The van der Waals surface area contributed by atoms with Crippen molar-refractivity contribution in [3.8, 4) is 26.6 Å². The first-order valence-electron chi connectivity index (χ1n) is 14.8. The van der Waals surface area contributed by atoms with E-state index in [0.29, 0.717) is 5.75 Å². The molecule has 0 atom stereocenters. The first-order valence-corrected chi connectivity index (χ1v) is 17.6. The molecule has 0 radical (unpaired) electrons. The van der Waals surface area contributed by atoms with E-state index in [4.69, 9.17) is 9.84 Å². The summed E-state index contributed by atoms with van der Waals surface area (Å²) in [6, 6.07) is 26.8. The van der Waals surface area contributed by atoms with Gasteiger partial charge >= 0.3 is 5.97 Å². The minimum Gasteiger partial charge on any atom is -0.482 e. The maximum atomic E-state index is 11.9. The second kappa shape index (κ2) is 14.9. The molecule has 0 spiro atoms. The summed E-state index contributed by atoms with van der Waals surface area (Å²) in [5.74, 6) is 0.466. The average molecular weight is 667 g/mol. The summed E-state index contributed by atoms with van der Waals surface area (Å²) in [5, 5.41) is 12.8. The first kappa shape index (κ1) is 33.1. The van der Waals surface area contributed by atoms with Gasteiger partial charge in [-0.05, 0) is 90.9 Å². The number of carbonyl (C=O) groups is 3. The van der Waals surface area contributed by atoms with Crippen LogP contribution in [0.25, 0.3) is 26.5 Å². The van der Waals surface area contributed by atoms with Crippen molar-refractivity contribution in [2.45, 2.75) is 39.0 Å². The van der Waals surface area contributed by atoms with E-state index in [1.165, 1.54) is 11.1 Å². The highest BCUT2D eigenvalue weighted by Crippen LogP contribution is 2.37. The Morgan fingerprint density at radius 2 is 1.26 bits per heavy atom. The topological polar surface area (TPSA) is 80.7 Å². The highest BCUT2D eigenvalue weighted by molar-refractivity contribution is 7.99. The minimum absolute atomic E-state index is 0.0653. The maximum absolute atomic E-state index is 11.9. The number of carboxylic acid groups (broad SMARTS) is 1. The van der Waals surface area contributed by atoms with E-state index >= 15 is 0 Å². The predicted octanol–water partition coefficient (Wildman–Crippen LogP) is 10.3. The van der Waals surface area contributed by atoms with Crippen LogP contribution in [0.1, 0.15) is 64.6 Å². The number of thioether (sulfide) groups is 1. The van der Waals surface area contributed by atoms with E-state index in [0.717, 1.165) is 65.8 Å². The molecule has 46 heavy (non-hydrogen) atoms. The zero-order chi connectivity index (χ0) is 32.8. The Labute approximate surface area is 281 Å². The number of thiophene rings is 2. The molecule has 0 aliphatic carbocycles. The van der Waals surface area contributed by atoms with Gasteiger partial charge in [-0.25, -0.2) is 4.79 Å². The smallest absolute Gasteiger partial charge is 0.341 e. The zero-order valence-corrected chi connectivity index (χ0v) is 28.5. The van der Waals surface area contributed by atoms with E-state index in [2.05, 4.69) is 55.5 Å². The van der Waals surface area contributed by atoms with E-state index in [-0.39, 0.29) is 18.2 Å². The molecule has 5 nitrogen and oxygen atoms in total. The number of aryl methyl sites for hydroxylation is 1. The Kier molecular flexibility index (Phi) is 10.7. The van der Waals surface area contributed by atoms with Crippen LogP contribution in [0.5, 0.6) is 5.75 Å². The Bertz CT molecular complexity index is 1810. The molecular weight excluding hydrogens is 633 g/mol. The molecule has 0 fully saturated rings. The van der Waals surface area contributed by atoms with Crippen LogP contribution >= 0.6 is 34.4 Å². The lowest BCUT2D eigenvalue weighted by atomic mass is 9.91. The summed E-state index contributed by atoms with van der Waals surface area (Å²) in [6.45, 7) is 6.91. The van der Waals surface area contributed by atoms with Gasteiger partial charge in [0.25, 0.3) is 0 Å². The van der Waals surface area contributed by atoms with Crippen LogP contribution < -0.4 is 4.74 Å². The summed E-state index contributed by atoms with van der Waals surface area (Å²) in [6.07, 6.45) is 0.852. The Hall–Kier alpha value is -4.24. The fraction of sp³-hybridized carbons (Fsp3) is 0.184. The Morgan fingerprint density at radius 3 is 1.67 bits per heavy atom. The third-order valence-corrected chi connectivity index (χ3v) is 10.7. The lowest BCUT2D eigenvalue weighted by Crippen LogP contribution is -2.10. The Morgan fingerprint density at radius 1 is 0.739 bits per heavy atom. The third-order valence-electron chi connectivity index (χ3n) is 7.62. The molecule has 0 saturated carbocycles. The van der Waals surface area contributed by atoms with Crippen molar-refractivity contribution in [1.29, 1.82) is 0 Å². The molecule has 0 aliphatic rings. The molecule has 234 valence electrons. The molecular formula is C38H34O5S3. The number of hydrogen-bond acceptors (Lipinski definition) is 7. The molecule has 3 aromatic carbocycles. The van der Waals surface area contributed by atoms with E-state index in [9.17, 15) is 14.4 Å². The van der Waals surface area contributed by atoms with E-state index in [1.54, 1.807) is 48.3 Å². The summed E-state index contributed by atoms with van der Waals surface area (Å²) in [4.78, 5) is 37.8. The molecule has 0 aliphatic heterocycles. The van der Waals surface area contributed by atoms with Crippen LogP contribution in [0.2, 0.25) is 0 Å². The van der Waals surface area contributed by atoms with Gasteiger partial charge < -0.3 is 9.84 Å². The number of hydrogen-bond donors (Lipinski definition) is 1. The number of Topliss-reactive ketones (excluding diaryl/α,β-unsaturated/α-hetero) is 2. The highest BCUT2D eigenvalue weighted by atomic mass is 32.2. The number of carboxylic acids is 1. The molecule has 0 bridgehead atoms. The van der Waals surface area contributed by atoms with Gasteiger partial charge in [0.1, 0.15) is 5.75 Å². The number of carbonyl (C=O) groups excluding carboxylic acids is 2. The normalized spacial score (nSPS) is 10.9. The molecule has 8 heteroatoms. The second-order valence-electron chi connectivity index (χ2n) is 10.9. The minimum atomic E-state index is -1.00. The van der Waals surface area contributed by atoms with Gasteiger partial charge in [0.05, 0.1) is 0 Å². The van der Waals surface area contributed by atoms with Crippen LogP contribution in [0.4, 0.5) is 0 Å². The fourth-order valence-electron chi connectivity index (χ4n) is 5.06. The number of ketones is 2. The number of ether oxygens (including phenoxy) is 1. The van der Waals surface area contributed by atoms with Crippen LogP contribution in [0.15, 0.2) is 100 Å². The van der Waals surface area contributed by atoms with Crippen molar-refractivity contribution in [3.05, 3.63) is 123 Å². The lowest BCUT2D eigenvalue weighted by Gasteiger charge is -2.17. The van der Waals surface area contributed by atoms with Gasteiger partial charge in [-0.3, -0.25) is 9.59 Å². The molecule has 2 heterocycles. The lowest BCUT2D eigenvalue weighted by molar-refractivity contribution is -0.139. The molecule has 0 saturated heterocycles. The number of benzene rings is 3. The van der Waals surface area contributed by atoms with Crippen molar-refractivity contribution in [3.63, 3.8) is 0 Å². The van der Waals surface area contributed by atoms with Crippen LogP contribution in [-0.4, -0.2) is 35.0 Å². The third kappa shape index (κ3) is 7.94. The standard InChI is InChI=1S/C38H34O5S3/c1-5-26(20-44-33-14-15-34(23(2)16-33)43-19-37(41)42)38(29-10-6-27(7-11-29)35-17-31(21-45-35)24(3)39)30-12-8-28(9-13-30)36-18-32(22-46-36)25(4)40/h6-18,21-22H,5,19-20H2,1-4H3,(H,41,42). The summed E-state index contributed by atoms with van der Waals surface area (Å²) in [7, 11) is 0. The largest absolute Gasteiger partial charge is 0.482 e. The monoisotopic (exact) mass is 666 g/mol. The highest BCUT2D eigenvalue weighted by Gasteiger charge is 2.15. The van der Waals surface area contributed by atoms with Gasteiger partial charge in [-0.1, -0.05) is 61.0 Å². The van der Waals surface area contributed by atoms with Crippen molar-refractivity contribution in [1.82, 2.24) is 0 Å². The molecule has 5 rings (SSSR count). The summed E-state index contributed by atoms with van der Waals surface area (Å²) < 4.78 is 5.41. The quantitative estimate of drug-likeness (QED) is 0.0995. The average Bonchev–Trinajstić information content (AvgIpc) is 3.74.